The van der Waals surface area contributed by atoms with Gasteiger partial charge in [0.25, 0.3) is 0 Å². The zero-order valence-corrected chi connectivity index (χ0v) is 29.5. The van der Waals surface area contributed by atoms with E-state index in [1.54, 1.807) is 11.3 Å². The molecule has 7 rings (SSSR count). The lowest BCUT2D eigenvalue weighted by molar-refractivity contribution is -0.136. The van der Waals surface area contributed by atoms with E-state index < -0.39 is 5.41 Å². The molecule has 8 heteroatoms. The standard InChI is InChI=1S/C38H53N5O2S/c1-6-31(37(45)43-12-7-8-13-43)41-19-17-40(18-20-41)14-11-29-30-24-32(38(4,5)35(44)34-27-9-15-42(34)16-10-27)46-36(30)39-33(29)28-22-25(2)21-26(3)23-28/h21-24,27,31,34,39H,6-20H2,1-5H3. The molecular weight excluding hydrogens is 591 g/mol. The minimum atomic E-state index is -0.504. The van der Waals surface area contributed by atoms with Crippen LogP contribution < -0.4 is 0 Å². The highest BCUT2D eigenvalue weighted by Gasteiger charge is 2.49. The van der Waals surface area contributed by atoms with Gasteiger partial charge in [0.2, 0.25) is 5.91 Å². The summed E-state index contributed by atoms with van der Waals surface area (Å²) < 4.78 is 0. The van der Waals surface area contributed by atoms with Gasteiger partial charge in [-0.25, -0.2) is 0 Å². The summed E-state index contributed by atoms with van der Waals surface area (Å²) in [5.41, 5.74) is 5.89. The van der Waals surface area contributed by atoms with Crippen LogP contribution in [0.3, 0.4) is 0 Å². The quantitative estimate of drug-likeness (QED) is 0.293. The van der Waals surface area contributed by atoms with Crippen LogP contribution in [0.15, 0.2) is 24.3 Å². The van der Waals surface area contributed by atoms with E-state index in [9.17, 15) is 9.59 Å². The summed E-state index contributed by atoms with van der Waals surface area (Å²) in [4.78, 5) is 43.0. The number of likely N-dealkylation sites (tertiary alicyclic amines) is 1. The van der Waals surface area contributed by atoms with Gasteiger partial charge in [-0.15, -0.1) is 11.3 Å². The molecule has 1 aromatic carbocycles. The maximum Gasteiger partial charge on any atom is 0.239 e. The van der Waals surface area contributed by atoms with Crippen LogP contribution in [0.5, 0.6) is 0 Å². The van der Waals surface area contributed by atoms with Gasteiger partial charge in [-0.05, 0) is 115 Å². The van der Waals surface area contributed by atoms with Crippen molar-refractivity contribution < 1.29 is 9.59 Å². The summed E-state index contributed by atoms with van der Waals surface area (Å²) in [6.45, 7) is 19.7. The van der Waals surface area contributed by atoms with Crippen LogP contribution in [0.4, 0.5) is 0 Å². The van der Waals surface area contributed by atoms with Gasteiger partial charge in [0.1, 0.15) is 4.83 Å². The van der Waals surface area contributed by atoms with Crippen molar-refractivity contribution >= 4 is 33.2 Å². The minimum Gasteiger partial charge on any atom is -0.346 e. The number of rotatable bonds is 10. The fourth-order valence-electron chi connectivity index (χ4n) is 8.95. The Morgan fingerprint density at radius 3 is 2.22 bits per heavy atom. The number of hydrogen-bond donors (Lipinski definition) is 1. The molecule has 6 heterocycles. The fourth-order valence-corrected chi connectivity index (χ4v) is 10.2. The first kappa shape index (κ1) is 32.0. The van der Waals surface area contributed by atoms with Crippen molar-refractivity contribution in [2.45, 2.75) is 90.6 Å². The first-order valence-electron chi connectivity index (χ1n) is 17.9. The molecule has 0 aliphatic carbocycles. The molecule has 2 atom stereocenters. The number of carbonyl (C=O) groups is 2. The van der Waals surface area contributed by atoms with E-state index in [4.69, 9.17) is 0 Å². The second kappa shape index (κ2) is 12.8. The number of fused-ring (bicyclic) bond motifs is 3. The highest BCUT2D eigenvalue weighted by Crippen LogP contribution is 2.44. The lowest BCUT2D eigenvalue weighted by atomic mass is 9.79. The van der Waals surface area contributed by atoms with Gasteiger partial charge in [0.05, 0.1) is 23.2 Å². The molecule has 2 bridgehead atoms. The maximum absolute atomic E-state index is 14.0. The number of nitrogens with one attached hydrogen (secondary N) is 1. The SMILES string of the molecule is CCC(C(=O)N1CCCC1)N1CCN(CCc2c(-c3cc(C)cc(C)c3)[nH]c3sc(C(C)(C)C(=O)C4C5CCN4CC5)cc23)CC1. The molecule has 248 valence electrons. The van der Waals surface area contributed by atoms with Gasteiger partial charge in [-0.3, -0.25) is 19.4 Å². The Morgan fingerprint density at radius 1 is 0.935 bits per heavy atom. The molecular formula is C38H53N5O2S. The first-order valence-corrected chi connectivity index (χ1v) is 18.7. The molecule has 1 amide bonds. The predicted molar refractivity (Wildman–Crippen MR) is 189 cm³/mol. The number of aromatic amines is 1. The highest BCUT2D eigenvalue weighted by atomic mass is 32.1. The normalized spacial score (nSPS) is 24.8. The third kappa shape index (κ3) is 5.88. The Kier molecular flexibility index (Phi) is 8.94. The highest BCUT2D eigenvalue weighted by molar-refractivity contribution is 7.19. The summed E-state index contributed by atoms with van der Waals surface area (Å²) in [6, 6.07) is 9.29. The van der Waals surface area contributed by atoms with Crippen molar-refractivity contribution in [3.8, 4) is 11.3 Å². The number of piperidine rings is 1. The smallest absolute Gasteiger partial charge is 0.239 e. The van der Waals surface area contributed by atoms with Gasteiger partial charge in [0.15, 0.2) is 5.78 Å². The number of H-pyrrole nitrogens is 1. The van der Waals surface area contributed by atoms with Crippen molar-refractivity contribution in [3.63, 3.8) is 0 Å². The molecule has 1 N–H and O–H groups in total. The number of aromatic nitrogens is 1. The topological polar surface area (TPSA) is 62.9 Å². The molecule has 4 fully saturated rings. The Bertz CT molecular complexity index is 1550. The predicted octanol–water partition coefficient (Wildman–Crippen LogP) is 6.02. The van der Waals surface area contributed by atoms with Crippen LogP contribution in [-0.4, -0.2) is 107 Å². The maximum atomic E-state index is 14.0. The van der Waals surface area contributed by atoms with E-state index in [2.05, 4.69) is 83.5 Å². The van der Waals surface area contributed by atoms with Crippen molar-refractivity contribution in [2.24, 2.45) is 5.92 Å². The molecule has 4 aliphatic rings. The second-order valence-electron chi connectivity index (χ2n) is 15.1. The largest absolute Gasteiger partial charge is 0.346 e. The van der Waals surface area contributed by atoms with Crippen molar-refractivity contribution in [3.05, 3.63) is 45.8 Å². The van der Waals surface area contributed by atoms with E-state index >= 15 is 0 Å². The molecule has 3 aromatic rings. The number of carbonyl (C=O) groups excluding carboxylic acids is 2. The van der Waals surface area contributed by atoms with Gasteiger partial charge >= 0.3 is 0 Å². The summed E-state index contributed by atoms with van der Waals surface area (Å²) in [7, 11) is 0. The number of thiophene rings is 1. The lowest BCUT2D eigenvalue weighted by Crippen LogP contribution is -2.55. The molecule has 2 unspecified atom stereocenters. The third-order valence-electron chi connectivity index (χ3n) is 11.6. The zero-order chi connectivity index (χ0) is 32.2. The Morgan fingerprint density at radius 2 is 1.61 bits per heavy atom. The Hall–Kier alpha value is -2.52. The van der Waals surface area contributed by atoms with Crippen molar-refractivity contribution in [2.75, 3.05) is 58.9 Å². The molecule has 0 spiro atoms. The number of ketones is 1. The minimum absolute atomic E-state index is 0.0206. The number of nitrogens with zero attached hydrogens (tertiary/aromatic N) is 4. The van der Waals surface area contributed by atoms with Crippen LogP contribution in [0.1, 0.15) is 74.4 Å². The first-order chi connectivity index (χ1) is 22.1. The van der Waals surface area contributed by atoms with Gasteiger partial charge in [-0.2, -0.15) is 0 Å². The summed E-state index contributed by atoms with van der Waals surface area (Å²) in [5.74, 6) is 1.28. The zero-order valence-electron chi connectivity index (χ0n) is 28.7. The molecule has 0 radical (unpaired) electrons. The van der Waals surface area contributed by atoms with Crippen molar-refractivity contribution in [1.29, 1.82) is 0 Å². The monoisotopic (exact) mass is 643 g/mol. The number of amides is 1. The molecule has 46 heavy (non-hydrogen) atoms. The summed E-state index contributed by atoms with van der Waals surface area (Å²) in [6.07, 6.45) is 6.47. The fraction of sp³-hybridized carbons (Fsp3) is 0.632. The Labute approximate surface area is 279 Å². The number of Topliss-reactive ketones (excluding diaryl/α,β-unsaturated/α-hetero) is 1. The van der Waals surface area contributed by atoms with Crippen LogP contribution >= 0.6 is 11.3 Å². The van der Waals surface area contributed by atoms with Gasteiger partial charge in [0, 0.05) is 56.1 Å². The average Bonchev–Trinajstić information content (AvgIpc) is 3.88. The van der Waals surface area contributed by atoms with Gasteiger partial charge < -0.3 is 14.8 Å². The Balaban J connectivity index is 1.11. The van der Waals surface area contributed by atoms with E-state index in [1.165, 1.54) is 55.9 Å². The van der Waals surface area contributed by atoms with Gasteiger partial charge in [-0.1, -0.05) is 24.1 Å². The van der Waals surface area contributed by atoms with E-state index in [-0.39, 0.29) is 12.1 Å². The average molecular weight is 644 g/mol. The molecule has 7 nitrogen and oxygen atoms in total. The van der Waals surface area contributed by atoms with E-state index in [0.717, 1.165) is 84.6 Å². The second-order valence-corrected chi connectivity index (χ2v) is 16.2. The third-order valence-corrected chi connectivity index (χ3v) is 13.0. The van der Waals surface area contributed by atoms with Crippen LogP contribution in [0.2, 0.25) is 0 Å². The van der Waals surface area contributed by atoms with Crippen molar-refractivity contribution in [1.82, 2.24) is 24.6 Å². The number of piperazine rings is 1. The molecule has 4 aliphatic heterocycles. The number of hydrogen-bond acceptors (Lipinski definition) is 6. The molecule has 2 aromatic heterocycles. The number of aryl methyl sites for hydroxylation is 2. The van der Waals surface area contributed by atoms with Crippen LogP contribution in [-0.2, 0) is 21.4 Å². The molecule has 4 saturated heterocycles. The molecule has 0 saturated carbocycles. The van der Waals surface area contributed by atoms with Crippen LogP contribution in [0.25, 0.3) is 21.5 Å². The van der Waals surface area contributed by atoms with E-state index in [0.29, 0.717) is 17.6 Å². The lowest BCUT2D eigenvalue weighted by Gasteiger charge is -2.39. The number of benzene rings is 1. The summed E-state index contributed by atoms with van der Waals surface area (Å²) >= 11 is 1.78. The summed E-state index contributed by atoms with van der Waals surface area (Å²) in [5, 5.41) is 1.28. The van der Waals surface area contributed by atoms with Crippen LogP contribution in [0, 0.1) is 19.8 Å². The van der Waals surface area contributed by atoms with E-state index in [1.807, 2.05) is 0 Å².